The summed E-state index contributed by atoms with van der Waals surface area (Å²) in [5.41, 5.74) is 8.04. The first-order valence-corrected chi connectivity index (χ1v) is 21.9. The molecule has 2 amide bonds. The van der Waals surface area contributed by atoms with E-state index in [9.17, 15) is 9.59 Å². The van der Waals surface area contributed by atoms with Gasteiger partial charge in [-0.05, 0) is 117 Å². The van der Waals surface area contributed by atoms with Gasteiger partial charge in [0.2, 0.25) is 12.1 Å². The lowest BCUT2D eigenvalue weighted by atomic mass is 10.0. The fraction of sp³-hybridized carbons (Fsp3) is 0.413. The molecule has 306 valence electrons. The summed E-state index contributed by atoms with van der Waals surface area (Å²) in [4.78, 5) is 42.1. The van der Waals surface area contributed by atoms with Crippen LogP contribution >= 0.6 is 11.3 Å². The second kappa shape index (κ2) is 15.0. The molecule has 13 heteroatoms. The minimum absolute atomic E-state index is 0.122. The quantitative estimate of drug-likeness (QED) is 0.109. The summed E-state index contributed by atoms with van der Waals surface area (Å²) < 4.78 is 30.6. The average Bonchev–Trinajstić information content (AvgIpc) is 3.95. The van der Waals surface area contributed by atoms with E-state index in [1.807, 2.05) is 31.0 Å². The third-order valence-electron chi connectivity index (χ3n) is 12.7. The number of benzene rings is 2. The summed E-state index contributed by atoms with van der Waals surface area (Å²) in [6.45, 7) is 7.57. The number of halogens is 1. The summed E-state index contributed by atoms with van der Waals surface area (Å²) in [6.07, 6.45) is 7.87. The van der Waals surface area contributed by atoms with Crippen molar-refractivity contribution in [3.63, 3.8) is 0 Å². The second-order valence-electron chi connectivity index (χ2n) is 16.8. The molecule has 4 N–H and O–H groups in total. The number of nitrogens with zero attached hydrogens (tertiary/aromatic N) is 3. The SMILES string of the molecule is CCc1cc(-c2cc(F)c3c(c2)OC(c2ccc(C4CC4)s2)n2c-3cc3cc(-c4cnc(C5CCCN5C(=O)C(NC(=O)OC)C(C)C)[nH]4)ccc32)[nH]c1C1CCCN1. The molecule has 4 atom stereocenters. The number of aryl methyl sites for hydroxylation is 1. The van der Waals surface area contributed by atoms with Gasteiger partial charge in [-0.15, -0.1) is 11.3 Å². The molecule has 0 spiro atoms. The highest BCUT2D eigenvalue weighted by atomic mass is 32.1. The van der Waals surface area contributed by atoms with Crippen molar-refractivity contribution in [2.45, 2.75) is 96.0 Å². The number of ether oxygens (including phenoxy) is 2. The maximum Gasteiger partial charge on any atom is 0.407 e. The van der Waals surface area contributed by atoms with E-state index in [0.717, 1.165) is 82.6 Å². The number of hydrogen-bond acceptors (Lipinski definition) is 7. The molecule has 0 radical (unpaired) electrons. The summed E-state index contributed by atoms with van der Waals surface area (Å²) in [6, 6.07) is 17.9. The number of methoxy groups -OCH3 is 1. The number of likely N-dealkylation sites (tertiary alicyclic amines) is 1. The molecule has 4 aromatic heterocycles. The van der Waals surface area contributed by atoms with Gasteiger partial charge in [0, 0.05) is 45.4 Å². The number of rotatable bonds is 10. The minimum Gasteiger partial charge on any atom is -0.464 e. The summed E-state index contributed by atoms with van der Waals surface area (Å²) in [7, 11) is 1.30. The van der Waals surface area contributed by atoms with Crippen LogP contribution in [0.15, 0.2) is 60.8 Å². The second-order valence-corrected chi connectivity index (χ2v) is 18.0. The third kappa shape index (κ3) is 6.72. The van der Waals surface area contributed by atoms with E-state index >= 15 is 4.39 Å². The van der Waals surface area contributed by atoms with Crippen molar-refractivity contribution < 1.29 is 23.5 Å². The van der Waals surface area contributed by atoms with Gasteiger partial charge in [0.05, 0.1) is 46.7 Å². The zero-order valence-electron chi connectivity index (χ0n) is 33.9. The zero-order valence-corrected chi connectivity index (χ0v) is 34.7. The number of nitrogens with one attached hydrogen (secondary N) is 4. The lowest BCUT2D eigenvalue weighted by Gasteiger charge is -2.30. The Kier molecular flexibility index (Phi) is 9.63. The predicted molar refractivity (Wildman–Crippen MR) is 227 cm³/mol. The Morgan fingerprint density at radius 3 is 2.61 bits per heavy atom. The van der Waals surface area contributed by atoms with E-state index in [1.165, 1.54) is 36.1 Å². The number of aromatic nitrogens is 4. The number of carbonyl (C=O) groups is 2. The molecule has 1 saturated carbocycles. The molecular formula is C46H50FN7O4S. The number of amides is 2. The van der Waals surface area contributed by atoms with Gasteiger partial charge in [-0.2, -0.15) is 0 Å². The molecule has 11 nitrogen and oxygen atoms in total. The van der Waals surface area contributed by atoms with Crippen LogP contribution in [0.5, 0.6) is 5.75 Å². The van der Waals surface area contributed by atoms with Gasteiger partial charge in [0.1, 0.15) is 23.4 Å². The number of H-pyrrole nitrogens is 2. The summed E-state index contributed by atoms with van der Waals surface area (Å²) in [5.74, 6) is 1.25. The van der Waals surface area contributed by atoms with Crippen molar-refractivity contribution in [3.8, 4) is 39.5 Å². The van der Waals surface area contributed by atoms with Crippen LogP contribution in [0, 0.1) is 11.7 Å². The van der Waals surface area contributed by atoms with E-state index in [-0.39, 0.29) is 29.7 Å². The van der Waals surface area contributed by atoms with Gasteiger partial charge in [-0.3, -0.25) is 9.36 Å². The van der Waals surface area contributed by atoms with Crippen LogP contribution in [0.3, 0.4) is 0 Å². The molecule has 6 aromatic rings. The van der Waals surface area contributed by atoms with Crippen LogP contribution in [-0.4, -0.2) is 62.7 Å². The number of carbonyl (C=O) groups excluding carboxylic acids is 2. The van der Waals surface area contributed by atoms with E-state index < -0.39 is 18.4 Å². The molecule has 4 aliphatic rings. The van der Waals surface area contributed by atoms with E-state index in [2.05, 4.69) is 74.6 Å². The van der Waals surface area contributed by atoms with Gasteiger partial charge in [0.25, 0.3) is 0 Å². The Hall–Kier alpha value is -5.40. The highest BCUT2D eigenvalue weighted by Gasteiger charge is 2.38. The Morgan fingerprint density at radius 2 is 1.85 bits per heavy atom. The number of imidazole rings is 1. The monoisotopic (exact) mass is 815 g/mol. The van der Waals surface area contributed by atoms with Gasteiger partial charge >= 0.3 is 6.09 Å². The lowest BCUT2D eigenvalue weighted by molar-refractivity contribution is -0.135. The number of alkyl carbamates (subject to hydrolysis) is 1. The van der Waals surface area contributed by atoms with Gasteiger partial charge < -0.3 is 35.0 Å². The first-order valence-electron chi connectivity index (χ1n) is 21.1. The van der Waals surface area contributed by atoms with Crippen molar-refractivity contribution in [1.29, 1.82) is 0 Å². The summed E-state index contributed by atoms with van der Waals surface area (Å²) in [5, 5.41) is 7.29. The summed E-state index contributed by atoms with van der Waals surface area (Å²) >= 11 is 1.79. The molecule has 2 aromatic carbocycles. The van der Waals surface area contributed by atoms with Crippen LogP contribution < -0.4 is 15.4 Å². The van der Waals surface area contributed by atoms with Gasteiger partial charge in [-0.1, -0.05) is 26.8 Å². The highest BCUT2D eigenvalue weighted by molar-refractivity contribution is 7.12. The smallest absolute Gasteiger partial charge is 0.407 e. The number of fused-ring (bicyclic) bond motifs is 5. The normalized spacial score (nSPS) is 20.5. The molecule has 3 fully saturated rings. The maximum absolute atomic E-state index is 16.7. The van der Waals surface area contributed by atoms with E-state index in [0.29, 0.717) is 29.6 Å². The average molecular weight is 816 g/mol. The fourth-order valence-corrected chi connectivity index (χ4v) is 10.6. The van der Waals surface area contributed by atoms with Crippen LogP contribution in [0.2, 0.25) is 0 Å². The van der Waals surface area contributed by atoms with Crippen LogP contribution in [0.1, 0.15) is 110 Å². The highest BCUT2D eigenvalue weighted by Crippen LogP contribution is 2.50. The predicted octanol–water partition coefficient (Wildman–Crippen LogP) is 9.74. The zero-order chi connectivity index (χ0) is 40.5. The van der Waals surface area contributed by atoms with E-state index in [1.54, 1.807) is 17.4 Å². The van der Waals surface area contributed by atoms with Gasteiger partial charge in [0.15, 0.2) is 0 Å². The van der Waals surface area contributed by atoms with Crippen LogP contribution in [0.4, 0.5) is 9.18 Å². The minimum atomic E-state index is -0.709. The fourth-order valence-electron chi connectivity index (χ4n) is 9.42. The van der Waals surface area contributed by atoms with Crippen molar-refractivity contribution >= 4 is 34.2 Å². The largest absolute Gasteiger partial charge is 0.464 e. The Morgan fingerprint density at radius 1 is 1.00 bits per heavy atom. The molecule has 2 saturated heterocycles. The Bertz CT molecular complexity index is 2580. The third-order valence-corrected chi connectivity index (χ3v) is 14.0. The molecule has 59 heavy (non-hydrogen) atoms. The molecule has 1 aliphatic carbocycles. The molecule has 3 aliphatic heterocycles. The topological polar surface area (TPSA) is 129 Å². The maximum atomic E-state index is 16.7. The van der Waals surface area contributed by atoms with Crippen molar-refractivity contribution in [2.24, 2.45) is 5.92 Å². The first-order chi connectivity index (χ1) is 28.7. The standard InChI is InChI=1S/C46H50FN7O4S/c1-5-25-20-32(50-42(25)31-8-6-16-48-31)28-19-30(47)40-36-21-29-18-27(12-13-34(29)54(36)45(58-37(40)22-28)39-15-14-38(59-39)26-10-11-26)33-23-49-43(51-33)35-9-7-17-53(35)44(55)41(24(2)3)52-46(56)57-4/h12-15,18-24,26,31,35,41,45,48,50H,5-11,16-17H2,1-4H3,(H,49,51)(H,52,56). The number of thiophene rings is 1. The van der Waals surface area contributed by atoms with Crippen molar-refractivity contribution in [2.75, 3.05) is 20.2 Å². The number of hydrogen-bond donors (Lipinski definition) is 4. The molecule has 4 unspecified atom stereocenters. The molecular weight excluding hydrogens is 766 g/mol. The van der Waals surface area contributed by atoms with Crippen LogP contribution in [-0.2, 0) is 16.0 Å². The van der Waals surface area contributed by atoms with Crippen molar-refractivity contribution in [3.05, 3.63) is 93.4 Å². The number of aromatic amines is 2. The van der Waals surface area contributed by atoms with Gasteiger partial charge in [-0.25, -0.2) is 14.2 Å². The van der Waals surface area contributed by atoms with Crippen LogP contribution in [0.25, 0.3) is 44.7 Å². The molecule has 10 rings (SSSR count). The Labute approximate surface area is 346 Å². The van der Waals surface area contributed by atoms with Crippen molar-refractivity contribution in [1.82, 2.24) is 35.1 Å². The molecule has 0 bridgehead atoms. The molecule has 7 heterocycles. The van der Waals surface area contributed by atoms with E-state index in [4.69, 9.17) is 14.5 Å². The lowest BCUT2D eigenvalue weighted by Crippen LogP contribution is -2.51. The Balaban J connectivity index is 1.01. The first kappa shape index (κ1) is 37.8.